The number of likely N-dealkylation sites (tertiary alicyclic amines) is 1. The van der Waals surface area contributed by atoms with Gasteiger partial charge >= 0.3 is 0 Å². The molecule has 0 spiro atoms. The van der Waals surface area contributed by atoms with Crippen LogP contribution in [0.15, 0.2) is 0 Å². The molecule has 0 aromatic rings. The summed E-state index contributed by atoms with van der Waals surface area (Å²) in [6.07, 6.45) is 6.12. The molecule has 0 bridgehead atoms. The quantitative estimate of drug-likeness (QED) is 0.733. The number of hydrogen-bond acceptors (Lipinski definition) is 2. The van der Waals surface area contributed by atoms with Gasteiger partial charge in [0.05, 0.1) is 6.10 Å². The van der Waals surface area contributed by atoms with Crippen LogP contribution in [0.3, 0.4) is 0 Å². The summed E-state index contributed by atoms with van der Waals surface area (Å²) in [5, 5.41) is 9.40. The summed E-state index contributed by atoms with van der Waals surface area (Å²) in [5.41, 5.74) is 0.507. The van der Waals surface area contributed by atoms with E-state index in [0.717, 1.165) is 19.5 Å². The summed E-state index contributed by atoms with van der Waals surface area (Å²) in [5.74, 6) is 0. The maximum Gasteiger partial charge on any atom is 0.0679 e. The Morgan fingerprint density at radius 2 is 2.07 bits per heavy atom. The number of nitrogens with zero attached hydrogens (tertiary/aromatic N) is 1. The third-order valence-electron chi connectivity index (χ3n) is 3.50. The molecule has 2 nitrogen and oxygen atoms in total. The van der Waals surface area contributed by atoms with Crippen LogP contribution in [-0.2, 0) is 0 Å². The fourth-order valence-electron chi connectivity index (χ4n) is 2.60. The number of β-amino-alcohol motifs (C(OH)–C–C–N with tert-alkyl or cyclic N) is 1. The second kappa shape index (κ2) is 5.86. The minimum Gasteiger partial charge on any atom is -0.392 e. The highest BCUT2D eigenvalue weighted by atomic mass is 16.3. The van der Waals surface area contributed by atoms with Crippen molar-refractivity contribution in [3.05, 3.63) is 0 Å². The molecule has 0 aromatic heterocycles. The highest BCUT2D eigenvalue weighted by molar-refractivity contribution is 4.75. The smallest absolute Gasteiger partial charge is 0.0679 e. The molecular formula is C13H27NO. The molecule has 0 aliphatic carbocycles. The molecule has 1 rings (SSSR count). The van der Waals surface area contributed by atoms with Crippen LogP contribution >= 0.6 is 0 Å². The van der Waals surface area contributed by atoms with Gasteiger partial charge in [0.15, 0.2) is 0 Å². The molecule has 0 amide bonds. The second-order valence-electron chi connectivity index (χ2n) is 5.76. The van der Waals surface area contributed by atoms with Crippen LogP contribution in [0.1, 0.15) is 52.9 Å². The summed E-state index contributed by atoms with van der Waals surface area (Å²) in [6.45, 7) is 10.2. The van der Waals surface area contributed by atoms with Crippen LogP contribution in [-0.4, -0.2) is 35.7 Å². The van der Waals surface area contributed by atoms with Gasteiger partial charge < -0.3 is 10.0 Å². The van der Waals surface area contributed by atoms with Gasteiger partial charge in [-0.2, -0.15) is 0 Å². The van der Waals surface area contributed by atoms with Gasteiger partial charge in [-0.25, -0.2) is 0 Å². The first kappa shape index (κ1) is 13.0. The van der Waals surface area contributed by atoms with Crippen molar-refractivity contribution in [2.24, 2.45) is 5.41 Å². The van der Waals surface area contributed by atoms with Crippen LogP contribution in [0.5, 0.6) is 0 Å². The Balaban J connectivity index is 2.10. The highest BCUT2D eigenvalue weighted by Gasteiger charge is 2.21. The molecule has 0 radical (unpaired) electrons. The molecule has 1 saturated heterocycles. The summed E-state index contributed by atoms with van der Waals surface area (Å²) in [4.78, 5) is 2.40. The molecule has 1 atom stereocenters. The first-order valence-electron chi connectivity index (χ1n) is 6.44. The first-order valence-corrected chi connectivity index (χ1v) is 6.44. The molecule has 0 aromatic carbocycles. The lowest BCUT2D eigenvalue weighted by atomic mass is 9.83. The Morgan fingerprint density at radius 3 is 2.60 bits per heavy atom. The predicted molar refractivity (Wildman–Crippen MR) is 65.0 cm³/mol. The van der Waals surface area contributed by atoms with Gasteiger partial charge in [0.25, 0.3) is 0 Å². The van der Waals surface area contributed by atoms with Crippen molar-refractivity contribution in [2.75, 3.05) is 19.6 Å². The molecular weight excluding hydrogens is 186 g/mol. The number of aliphatic hydroxyl groups is 1. The van der Waals surface area contributed by atoms with E-state index in [1.165, 1.54) is 32.2 Å². The molecule has 1 fully saturated rings. The van der Waals surface area contributed by atoms with E-state index >= 15 is 0 Å². The average molecular weight is 213 g/mol. The lowest BCUT2D eigenvalue weighted by Crippen LogP contribution is -2.24. The Morgan fingerprint density at radius 1 is 1.33 bits per heavy atom. The van der Waals surface area contributed by atoms with E-state index in [2.05, 4.69) is 25.7 Å². The van der Waals surface area contributed by atoms with Gasteiger partial charge in [-0.1, -0.05) is 27.2 Å². The summed E-state index contributed by atoms with van der Waals surface area (Å²) in [6, 6.07) is 0. The van der Waals surface area contributed by atoms with Gasteiger partial charge in [0.1, 0.15) is 0 Å². The van der Waals surface area contributed by atoms with E-state index < -0.39 is 0 Å². The molecule has 1 heterocycles. The molecule has 15 heavy (non-hydrogen) atoms. The zero-order valence-electron chi connectivity index (χ0n) is 10.6. The van der Waals surface area contributed by atoms with E-state index in [0.29, 0.717) is 5.41 Å². The molecule has 0 saturated carbocycles. The van der Waals surface area contributed by atoms with E-state index in [4.69, 9.17) is 0 Å². The molecule has 1 N–H and O–H groups in total. The van der Waals surface area contributed by atoms with Crippen molar-refractivity contribution in [3.63, 3.8) is 0 Å². The molecule has 1 aliphatic heterocycles. The summed E-state index contributed by atoms with van der Waals surface area (Å²) in [7, 11) is 0. The third kappa shape index (κ3) is 4.98. The molecule has 2 heteroatoms. The molecule has 1 aliphatic rings. The van der Waals surface area contributed by atoms with Crippen molar-refractivity contribution in [1.29, 1.82) is 0 Å². The standard InChI is InChI=1S/C13H27NO/c1-4-7-13(2,3)8-5-9-14-10-6-12(15)11-14/h12,15H,4-11H2,1-3H3. The van der Waals surface area contributed by atoms with Crippen LogP contribution in [0.2, 0.25) is 0 Å². The Bertz CT molecular complexity index is 179. The maximum absolute atomic E-state index is 9.40. The van der Waals surface area contributed by atoms with E-state index in [9.17, 15) is 5.11 Å². The average Bonchev–Trinajstić information content (AvgIpc) is 2.51. The Labute approximate surface area is 94.7 Å². The highest BCUT2D eigenvalue weighted by Crippen LogP contribution is 2.28. The van der Waals surface area contributed by atoms with E-state index in [1.54, 1.807) is 0 Å². The minimum absolute atomic E-state index is 0.0614. The van der Waals surface area contributed by atoms with Crippen LogP contribution in [0.4, 0.5) is 0 Å². The maximum atomic E-state index is 9.40. The van der Waals surface area contributed by atoms with Crippen molar-refractivity contribution >= 4 is 0 Å². The second-order valence-corrected chi connectivity index (χ2v) is 5.76. The predicted octanol–water partition coefficient (Wildman–Crippen LogP) is 2.66. The Hall–Kier alpha value is -0.0800. The third-order valence-corrected chi connectivity index (χ3v) is 3.50. The number of hydrogen-bond donors (Lipinski definition) is 1. The fourth-order valence-corrected chi connectivity index (χ4v) is 2.60. The van der Waals surface area contributed by atoms with Crippen LogP contribution in [0, 0.1) is 5.41 Å². The normalized spacial score (nSPS) is 23.6. The van der Waals surface area contributed by atoms with Crippen molar-refractivity contribution in [1.82, 2.24) is 4.90 Å². The fraction of sp³-hybridized carbons (Fsp3) is 1.00. The minimum atomic E-state index is -0.0614. The van der Waals surface area contributed by atoms with Crippen molar-refractivity contribution < 1.29 is 5.11 Å². The van der Waals surface area contributed by atoms with Gasteiger partial charge in [0.2, 0.25) is 0 Å². The first-order chi connectivity index (χ1) is 7.03. The number of rotatable bonds is 6. The Kier molecular flexibility index (Phi) is 5.07. The van der Waals surface area contributed by atoms with Gasteiger partial charge in [-0.15, -0.1) is 0 Å². The summed E-state index contributed by atoms with van der Waals surface area (Å²) >= 11 is 0. The lowest BCUT2D eigenvalue weighted by Gasteiger charge is -2.25. The topological polar surface area (TPSA) is 23.5 Å². The zero-order chi connectivity index (χ0) is 11.3. The van der Waals surface area contributed by atoms with Crippen LogP contribution < -0.4 is 0 Å². The van der Waals surface area contributed by atoms with Gasteiger partial charge in [0, 0.05) is 13.1 Å². The van der Waals surface area contributed by atoms with Crippen molar-refractivity contribution in [3.8, 4) is 0 Å². The largest absolute Gasteiger partial charge is 0.392 e. The molecule has 1 unspecified atom stereocenters. The monoisotopic (exact) mass is 213 g/mol. The molecule has 90 valence electrons. The lowest BCUT2D eigenvalue weighted by molar-refractivity contribution is 0.173. The summed E-state index contributed by atoms with van der Waals surface area (Å²) < 4.78 is 0. The number of aliphatic hydroxyl groups excluding tert-OH is 1. The van der Waals surface area contributed by atoms with E-state index in [1.807, 2.05) is 0 Å². The van der Waals surface area contributed by atoms with Gasteiger partial charge in [-0.05, 0) is 37.6 Å². The zero-order valence-corrected chi connectivity index (χ0v) is 10.6. The SMILES string of the molecule is CCCC(C)(C)CCCN1CCC(O)C1. The van der Waals surface area contributed by atoms with Crippen LogP contribution in [0.25, 0.3) is 0 Å². The van der Waals surface area contributed by atoms with E-state index in [-0.39, 0.29) is 6.10 Å². The van der Waals surface area contributed by atoms with Gasteiger partial charge in [-0.3, -0.25) is 0 Å². The van der Waals surface area contributed by atoms with Crippen molar-refractivity contribution in [2.45, 2.75) is 59.0 Å².